The second-order valence-electron chi connectivity index (χ2n) is 4.33. The molecule has 0 atom stereocenters. The van der Waals surface area contributed by atoms with Crippen molar-refractivity contribution in [2.24, 2.45) is 4.99 Å². The Morgan fingerprint density at radius 1 is 1.00 bits per heavy atom. The summed E-state index contributed by atoms with van der Waals surface area (Å²) in [5.41, 5.74) is 1.21. The average molecular weight is 283 g/mol. The molecular formula is C13H17NS3. The summed E-state index contributed by atoms with van der Waals surface area (Å²) in [6.07, 6.45) is 4.66. The van der Waals surface area contributed by atoms with Crippen LogP contribution in [0, 0.1) is 0 Å². The van der Waals surface area contributed by atoms with E-state index in [0.29, 0.717) is 0 Å². The number of hydrogen-bond donors (Lipinski definition) is 0. The van der Waals surface area contributed by atoms with Crippen LogP contribution in [0.25, 0.3) is 0 Å². The molecule has 0 saturated carbocycles. The van der Waals surface area contributed by atoms with E-state index in [0.717, 1.165) is 0 Å². The molecule has 17 heavy (non-hydrogen) atoms. The first-order valence-corrected chi connectivity index (χ1v) is 10.0. The Bertz CT molecular complexity index is 475. The van der Waals surface area contributed by atoms with Crippen molar-refractivity contribution in [3.8, 4) is 0 Å². The van der Waals surface area contributed by atoms with Crippen molar-refractivity contribution in [1.29, 1.82) is 0 Å². The fourth-order valence-electron chi connectivity index (χ4n) is 1.49. The van der Waals surface area contributed by atoms with Crippen molar-refractivity contribution >= 4 is 36.0 Å². The van der Waals surface area contributed by atoms with Gasteiger partial charge in [0.05, 0.1) is 0 Å². The van der Waals surface area contributed by atoms with E-state index in [1.807, 2.05) is 16.9 Å². The monoisotopic (exact) mass is 283 g/mol. The molecule has 0 radical (unpaired) electrons. The Kier molecular flexibility index (Phi) is 3.95. The van der Waals surface area contributed by atoms with Crippen LogP contribution in [0.15, 0.2) is 50.8 Å². The van der Waals surface area contributed by atoms with Crippen molar-refractivity contribution in [3.05, 3.63) is 40.9 Å². The number of nitrogens with zero attached hydrogens (tertiary/aromatic N) is 1. The highest BCUT2D eigenvalue weighted by Crippen LogP contribution is 2.60. The summed E-state index contributed by atoms with van der Waals surface area (Å²) in [5, 5.41) is 0. The van der Waals surface area contributed by atoms with Crippen LogP contribution < -0.4 is 0 Å². The number of benzene rings is 1. The quantitative estimate of drug-likeness (QED) is 0.699. The molecule has 0 spiro atoms. The number of hydrogen-bond acceptors (Lipinski definition) is 3. The topological polar surface area (TPSA) is 12.4 Å². The maximum Gasteiger partial charge on any atom is 0.127 e. The van der Waals surface area contributed by atoms with Gasteiger partial charge in [0, 0.05) is 10.6 Å². The van der Waals surface area contributed by atoms with Crippen molar-refractivity contribution in [3.63, 3.8) is 0 Å². The van der Waals surface area contributed by atoms with Crippen molar-refractivity contribution < 1.29 is 0 Å². The lowest BCUT2D eigenvalue weighted by molar-refractivity contribution is 1.30. The van der Waals surface area contributed by atoms with E-state index >= 15 is 0 Å². The summed E-state index contributed by atoms with van der Waals surface area (Å²) in [4.78, 5) is 7.47. The van der Waals surface area contributed by atoms with Gasteiger partial charge in [0.2, 0.25) is 0 Å². The lowest BCUT2D eigenvalue weighted by Gasteiger charge is -2.28. The van der Waals surface area contributed by atoms with E-state index < -0.39 is 10.0 Å². The molecule has 0 amide bonds. The standard InChI is InChI=1S/C13H17NS3/c1-10-11(2)17(3,4)13(14-10)16-15-12-8-6-5-7-9-12/h5-9H,1-4H3. The van der Waals surface area contributed by atoms with Crippen molar-refractivity contribution in [2.75, 3.05) is 12.5 Å². The maximum absolute atomic E-state index is 4.71. The molecule has 0 bridgehead atoms. The summed E-state index contributed by atoms with van der Waals surface area (Å²) < 4.78 is 1.29. The molecule has 0 aliphatic carbocycles. The second kappa shape index (κ2) is 5.12. The molecule has 1 aromatic carbocycles. The molecular weight excluding hydrogens is 266 g/mol. The molecule has 4 heteroatoms. The van der Waals surface area contributed by atoms with Crippen molar-refractivity contribution in [2.45, 2.75) is 18.7 Å². The van der Waals surface area contributed by atoms with Gasteiger partial charge in [0.1, 0.15) is 4.38 Å². The molecule has 0 fully saturated rings. The van der Waals surface area contributed by atoms with E-state index in [9.17, 15) is 0 Å². The number of rotatable bonds is 2. The van der Waals surface area contributed by atoms with E-state index in [2.05, 4.69) is 50.6 Å². The van der Waals surface area contributed by atoms with Gasteiger partial charge < -0.3 is 0 Å². The first kappa shape index (κ1) is 13.1. The lowest BCUT2D eigenvalue weighted by Crippen LogP contribution is -2.01. The van der Waals surface area contributed by atoms with Crippen LogP contribution in [-0.2, 0) is 0 Å². The molecule has 0 unspecified atom stereocenters. The van der Waals surface area contributed by atoms with Gasteiger partial charge in [-0.25, -0.2) is 4.99 Å². The Morgan fingerprint density at radius 3 is 2.18 bits per heavy atom. The number of allylic oxidation sites excluding steroid dienone is 2. The van der Waals surface area contributed by atoms with E-state index in [-0.39, 0.29) is 0 Å². The van der Waals surface area contributed by atoms with Crippen LogP contribution in [0.2, 0.25) is 0 Å². The lowest BCUT2D eigenvalue weighted by atomic mass is 10.4. The van der Waals surface area contributed by atoms with Gasteiger partial charge in [-0.2, -0.15) is 10.0 Å². The highest BCUT2D eigenvalue weighted by atomic mass is 33.1. The molecule has 1 aromatic rings. The zero-order valence-corrected chi connectivity index (χ0v) is 13.0. The van der Waals surface area contributed by atoms with Gasteiger partial charge in [-0.15, -0.1) is 0 Å². The predicted molar refractivity (Wildman–Crippen MR) is 85.1 cm³/mol. The Hall–Kier alpha value is -0.320. The minimum atomic E-state index is -0.813. The van der Waals surface area contributed by atoms with Gasteiger partial charge >= 0.3 is 0 Å². The second-order valence-corrected chi connectivity index (χ2v) is 10.4. The molecule has 0 aromatic heterocycles. The molecule has 2 rings (SSSR count). The fraction of sp³-hybridized carbons (Fsp3) is 0.308. The van der Waals surface area contributed by atoms with Gasteiger partial charge in [0.15, 0.2) is 0 Å². The molecule has 92 valence electrons. The van der Waals surface area contributed by atoms with Gasteiger partial charge in [0.25, 0.3) is 0 Å². The van der Waals surface area contributed by atoms with Crippen LogP contribution in [0.5, 0.6) is 0 Å². The minimum absolute atomic E-state index is 0.813. The fourth-order valence-corrected chi connectivity index (χ4v) is 7.35. The summed E-state index contributed by atoms with van der Waals surface area (Å²) in [6.45, 7) is 4.33. The third kappa shape index (κ3) is 2.75. The highest BCUT2D eigenvalue weighted by Gasteiger charge is 2.29. The van der Waals surface area contributed by atoms with Crippen LogP contribution >= 0.6 is 31.6 Å². The molecule has 0 N–H and O–H groups in total. The zero-order chi connectivity index (χ0) is 12.5. The third-order valence-electron chi connectivity index (χ3n) is 2.92. The predicted octanol–water partition coefficient (Wildman–Crippen LogP) is 5.11. The van der Waals surface area contributed by atoms with E-state index in [4.69, 9.17) is 4.99 Å². The summed E-state index contributed by atoms with van der Waals surface area (Å²) in [7, 11) is 2.80. The number of aliphatic imine (C=N–C) groups is 1. The molecule has 0 saturated heterocycles. The van der Waals surface area contributed by atoms with Crippen LogP contribution in [-0.4, -0.2) is 16.9 Å². The van der Waals surface area contributed by atoms with Gasteiger partial charge in [-0.1, -0.05) is 29.0 Å². The van der Waals surface area contributed by atoms with Crippen LogP contribution in [0.4, 0.5) is 0 Å². The minimum Gasteiger partial charge on any atom is -0.239 e. The Balaban J connectivity index is 2.06. The smallest absolute Gasteiger partial charge is 0.127 e. The summed E-state index contributed by atoms with van der Waals surface area (Å²) >= 11 is 0. The van der Waals surface area contributed by atoms with Crippen LogP contribution in [0.1, 0.15) is 13.8 Å². The van der Waals surface area contributed by atoms with Gasteiger partial charge in [-0.05, 0) is 54.2 Å². The van der Waals surface area contributed by atoms with E-state index in [1.54, 1.807) is 10.8 Å². The summed E-state index contributed by atoms with van der Waals surface area (Å²) in [6, 6.07) is 10.5. The maximum atomic E-state index is 4.71. The highest BCUT2D eigenvalue weighted by molar-refractivity contribution is 8.89. The molecule has 1 heterocycles. The van der Waals surface area contributed by atoms with Gasteiger partial charge in [-0.3, -0.25) is 0 Å². The molecule has 1 nitrogen and oxygen atoms in total. The first-order chi connectivity index (χ1) is 8.01. The SMILES string of the molecule is CC1=C(C)S(C)(C)C(SSc2ccccc2)=N1. The first-order valence-electron chi connectivity index (χ1n) is 5.41. The Labute approximate surface area is 113 Å². The molecule has 1 aliphatic rings. The Morgan fingerprint density at radius 2 is 1.65 bits per heavy atom. The van der Waals surface area contributed by atoms with Crippen molar-refractivity contribution in [1.82, 2.24) is 0 Å². The largest absolute Gasteiger partial charge is 0.239 e. The summed E-state index contributed by atoms with van der Waals surface area (Å²) in [5.74, 6) is 0. The molecule has 1 aliphatic heterocycles. The third-order valence-corrected chi connectivity index (χ3v) is 9.61. The van der Waals surface area contributed by atoms with Crippen LogP contribution in [0.3, 0.4) is 0 Å². The average Bonchev–Trinajstić information content (AvgIpc) is 2.52. The van der Waals surface area contributed by atoms with E-state index in [1.165, 1.54) is 19.9 Å². The normalized spacial score (nSPS) is 20.4. The zero-order valence-electron chi connectivity index (χ0n) is 10.6.